The lowest BCUT2D eigenvalue weighted by Gasteiger charge is -1.96. The molecule has 16 heavy (non-hydrogen) atoms. The lowest BCUT2D eigenvalue weighted by atomic mass is 10.2. The molecule has 0 radical (unpaired) electrons. The summed E-state index contributed by atoms with van der Waals surface area (Å²) >= 11 is 0. The number of hydrogen-bond donors (Lipinski definition) is 0. The molecule has 0 atom stereocenters. The first kappa shape index (κ1) is 20.5. The molecule has 1 nitrogen and oxygen atoms in total. The molecule has 0 saturated carbocycles. The van der Waals surface area contributed by atoms with Crippen LogP contribution >= 0.6 is 0 Å². The van der Waals surface area contributed by atoms with Crippen LogP contribution in [-0.2, 0) is 11.3 Å². The van der Waals surface area contributed by atoms with Crippen molar-refractivity contribution in [3.05, 3.63) is 35.6 Å². The van der Waals surface area contributed by atoms with Gasteiger partial charge in [0, 0.05) is 7.11 Å². The van der Waals surface area contributed by atoms with Crippen molar-refractivity contribution in [3.8, 4) is 0 Å². The maximum atomic E-state index is 12.3. The third-order valence-corrected chi connectivity index (χ3v) is 1.22. The maximum absolute atomic E-state index is 12.3. The van der Waals surface area contributed by atoms with Crippen LogP contribution in [0.5, 0.6) is 0 Å². The molecule has 0 N–H and O–H groups in total. The van der Waals surface area contributed by atoms with E-state index in [1.165, 1.54) is 12.1 Å². The van der Waals surface area contributed by atoms with E-state index in [9.17, 15) is 4.39 Å². The summed E-state index contributed by atoms with van der Waals surface area (Å²) in [7, 11) is 1.61. The Balaban J connectivity index is -0.000000245. The SMILES string of the molecule is CC.CC.CC.COCc1ccc(F)cc1. The molecule has 0 bridgehead atoms. The first-order chi connectivity index (χ1) is 7.83. The van der Waals surface area contributed by atoms with E-state index in [2.05, 4.69) is 0 Å². The van der Waals surface area contributed by atoms with Gasteiger partial charge in [0.05, 0.1) is 6.61 Å². The molecule has 96 valence electrons. The molecule has 0 aliphatic heterocycles. The molecule has 0 saturated heterocycles. The average Bonchev–Trinajstić information content (AvgIpc) is 2.40. The van der Waals surface area contributed by atoms with E-state index in [0.29, 0.717) is 6.61 Å². The first-order valence-electron chi connectivity index (χ1n) is 6.06. The van der Waals surface area contributed by atoms with Crippen molar-refractivity contribution in [3.63, 3.8) is 0 Å². The zero-order valence-corrected chi connectivity index (χ0v) is 11.8. The Bertz CT molecular complexity index is 194. The molecule has 0 aliphatic carbocycles. The zero-order valence-electron chi connectivity index (χ0n) is 11.8. The predicted octanol–water partition coefficient (Wildman–Crippen LogP) is 5.05. The normalized spacial score (nSPS) is 7.25. The summed E-state index contributed by atoms with van der Waals surface area (Å²) in [6, 6.07) is 6.26. The Kier molecular flexibility index (Phi) is 25.2. The number of hydrogen-bond acceptors (Lipinski definition) is 1. The molecule has 0 spiro atoms. The quantitative estimate of drug-likeness (QED) is 0.690. The van der Waals surface area contributed by atoms with Crippen LogP contribution in [0.3, 0.4) is 0 Å². The zero-order chi connectivity index (χ0) is 13.4. The summed E-state index contributed by atoms with van der Waals surface area (Å²) in [4.78, 5) is 0. The van der Waals surface area contributed by atoms with Gasteiger partial charge < -0.3 is 4.74 Å². The molecule has 0 amide bonds. The van der Waals surface area contributed by atoms with Gasteiger partial charge in [0.25, 0.3) is 0 Å². The smallest absolute Gasteiger partial charge is 0.123 e. The fraction of sp³-hybridized carbons (Fsp3) is 0.571. The van der Waals surface area contributed by atoms with Gasteiger partial charge in [-0.25, -0.2) is 4.39 Å². The molecule has 0 aromatic heterocycles. The summed E-state index contributed by atoms with van der Waals surface area (Å²) in [6.07, 6.45) is 0. The van der Waals surface area contributed by atoms with Crippen LogP contribution in [-0.4, -0.2) is 7.11 Å². The summed E-state index contributed by atoms with van der Waals surface area (Å²) in [5.41, 5.74) is 0.990. The minimum Gasteiger partial charge on any atom is -0.380 e. The van der Waals surface area contributed by atoms with Crippen LogP contribution in [0.1, 0.15) is 47.1 Å². The second-order valence-corrected chi connectivity index (χ2v) is 2.06. The fourth-order valence-electron chi connectivity index (χ4n) is 0.747. The molecular weight excluding hydrogens is 203 g/mol. The van der Waals surface area contributed by atoms with Crippen molar-refractivity contribution >= 4 is 0 Å². The highest BCUT2D eigenvalue weighted by Crippen LogP contribution is 2.02. The largest absolute Gasteiger partial charge is 0.380 e. The van der Waals surface area contributed by atoms with Gasteiger partial charge in [0.2, 0.25) is 0 Å². The molecule has 0 aliphatic rings. The fourth-order valence-corrected chi connectivity index (χ4v) is 0.747. The minimum absolute atomic E-state index is 0.208. The van der Waals surface area contributed by atoms with Crippen molar-refractivity contribution < 1.29 is 9.13 Å². The van der Waals surface area contributed by atoms with E-state index in [1.54, 1.807) is 19.2 Å². The first-order valence-corrected chi connectivity index (χ1v) is 6.06. The minimum atomic E-state index is -0.208. The van der Waals surface area contributed by atoms with E-state index in [4.69, 9.17) is 4.74 Å². The van der Waals surface area contributed by atoms with Gasteiger partial charge >= 0.3 is 0 Å². The number of ether oxygens (including phenoxy) is 1. The van der Waals surface area contributed by atoms with Crippen LogP contribution in [0.15, 0.2) is 24.3 Å². The van der Waals surface area contributed by atoms with Crippen molar-refractivity contribution in [1.29, 1.82) is 0 Å². The van der Waals surface area contributed by atoms with E-state index in [0.717, 1.165) is 5.56 Å². The highest BCUT2D eigenvalue weighted by Gasteiger charge is 1.90. The molecule has 1 rings (SSSR count). The van der Waals surface area contributed by atoms with Gasteiger partial charge in [-0.05, 0) is 17.7 Å². The molecule has 2 heteroatoms. The van der Waals surface area contributed by atoms with Gasteiger partial charge in [-0.1, -0.05) is 53.7 Å². The lowest BCUT2D eigenvalue weighted by molar-refractivity contribution is 0.185. The van der Waals surface area contributed by atoms with E-state index >= 15 is 0 Å². The summed E-state index contributed by atoms with van der Waals surface area (Å²) in [5, 5.41) is 0. The second-order valence-electron chi connectivity index (χ2n) is 2.06. The number of halogens is 1. The Morgan fingerprint density at radius 2 is 1.25 bits per heavy atom. The lowest BCUT2D eigenvalue weighted by Crippen LogP contribution is -1.86. The van der Waals surface area contributed by atoms with E-state index in [1.807, 2.05) is 41.5 Å². The third kappa shape index (κ3) is 13.1. The Labute approximate surface area is 101 Å². The number of benzene rings is 1. The molecule has 0 heterocycles. The molecule has 1 aromatic rings. The Hall–Kier alpha value is -0.890. The maximum Gasteiger partial charge on any atom is 0.123 e. The van der Waals surface area contributed by atoms with E-state index < -0.39 is 0 Å². The van der Waals surface area contributed by atoms with Crippen molar-refractivity contribution in [2.75, 3.05) is 7.11 Å². The monoisotopic (exact) mass is 230 g/mol. The van der Waals surface area contributed by atoms with Crippen LogP contribution in [0.25, 0.3) is 0 Å². The summed E-state index contributed by atoms with van der Waals surface area (Å²) in [5.74, 6) is -0.208. The molecule has 1 aromatic carbocycles. The summed E-state index contributed by atoms with van der Waals surface area (Å²) in [6.45, 7) is 12.5. The topological polar surface area (TPSA) is 9.23 Å². The van der Waals surface area contributed by atoms with Gasteiger partial charge in [-0.3, -0.25) is 0 Å². The molecule has 0 unspecified atom stereocenters. The summed E-state index contributed by atoms with van der Waals surface area (Å²) < 4.78 is 17.1. The van der Waals surface area contributed by atoms with Gasteiger partial charge in [-0.15, -0.1) is 0 Å². The highest BCUT2D eigenvalue weighted by atomic mass is 19.1. The van der Waals surface area contributed by atoms with Crippen molar-refractivity contribution in [1.82, 2.24) is 0 Å². The standard InChI is InChI=1S/C8H9FO.3C2H6/c1-10-6-7-2-4-8(9)5-3-7;3*1-2/h2-5H,6H2,1H3;3*1-2H3. The molecular formula is C14H27FO. The van der Waals surface area contributed by atoms with E-state index in [-0.39, 0.29) is 5.82 Å². The van der Waals surface area contributed by atoms with Crippen LogP contribution < -0.4 is 0 Å². The number of rotatable bonds is 2. The van der Waals surface area contributed by atoms with Gasteiger partial charge in [-0.2, -0.15) is 0 Å². The predicted molar refractivity (Wildman–Crippen MR) is 71.2 cm³/mol. The van der Waals surface area contributed by atoms with Crippen LogP contribution in [0.2, 0.25) is 0 Å². The average molecular weight is 230 g/mol. The van der Waals surface area contributed by atoms with Crippen LogP contribution in [0, 0.1) is 5.82 Å². The van der Waals surface area contributed by atoms with Gasteiger partial charge in [0.1, 0.15) is 5.82 Å². The number of methoxy groups -OCH3 is 1. The second kappa shape index (κ2) is 19.6. The Morgan fingerprint density at radius 1 is 0.875 bits per heavy atom. The molecule has 0 fully saturated rings. The Morgan fingerprint density at radius 3 is 1.56 bits per heavy atom. The van der Waals surface area contributed by atoms with Crippen molar-refractivity contribution in [2.24, 2.45) is 0 Å². The van der Waals surface area contributed by atoms with Crippen LogP contribution in [0.4, 0.5) is 4.39 Å². The third-order valence-electron chi connectivity index (χ3n) is 1.22. The van der Waals surface area contributed by atoms with Gasteiger partial charge in [0.15, 0.2) is 0 Å². The van der Waals surface area contributed by atoms with Crippen molar-refractivity contribution in [2.45, 2.75) is 48.1 Å². The highest BCUT2D eigenvalue weighted by molar-refractivity contribution is 5.14.